The van der Waals surface area contributed by atoms with E-state index < -0.39 is 6.03 Å². The summed E-state index contributed by atoms with van der Waals surface area (Å²) >= 11 is 4.27. The molecule has 3 amide bonds. The molecule has 0 radical (unpaired) electrons. The number of rotatable bonds is 5. The van der Waals surface area contributed by atoms with Crippen LogP contribution in [-0.2, 0) is 0 Å². The highest BCUT2D eigenvalue weighted by Gasteiger charge is 2.19. The summed E-state index contributed by atoms with van der Waals surface area (Å²) in [5, 5.41) is 5.47. The molecule has 0 saturated carbocycles. The molecule has 0 saturated heterocycles. The first kappa shape index (κ1) is 19.2. The van der Waals surface area contributed by atoms with Gasteiger partial charge in [0.25, 0.3) is 5.91 Å². The van der Waals surface area contributed by atoms with Crippen molar-refractivity contribution in [3.8, 4) is 5.75 Å². The molecule has 0 aliphatic carbocycles. The SMILES string of the molecule is COc1ccc(C(=O)Nc2ccccc2)cc1N(S)C(=O)Nc1cccnc1. The number of carbonyl (C=O) groups excluding carboxylic acids is 2. The second-order valence-corrected chi connectivity index (χ2v) is 6.09. The number of methoxy groups -OCH3 is 1. The first-order valence-electron chi connectivity index (χ1n) is 8.33. The fourth-order valence-corrected chi connectivity index (χ4v) is 2.65. The lowest BCUT2D eigenvalue weighted by Gasteiger charge is -2.20. The zero-order chi connectivity index (χ0) is 19.9. The Hall–Kier alpha value is -3.52. The summed E-state index contributed by atoms with van der Waals surface area (Å²) < 4.78 is 6.38. The maximum atomic E-state index is 12.5. The topological polar surface area (TPSA) is 83.6 Å². The van der Waals surface area contributed by atoms with E-state index in [9.17, 15) is 9.59 Å². The summed E-state index contributed by atoms with van der Waals surface area (Å²) in [7, 11) is 1.48. The molecule has 3 rings (SSSR count). The third-order valence-corrected chi connectivity index (χ3v) is 4.20. The minimum Gasteiger partial charge on any atom is -0.495 e. The van der Waals surface area contributed by atoms with Crippen molar-refractivity contribution in [1.29, 1.82) is 0 Å². The summed E-state index contributed by atoms with van der Waals surface area (Å²) in [5.74, 6) is 0.0806. The second-order valence-electron chi connectivity index (χ2n) is 5.69. The number of ether oxygens (including phenoxy) is 1. The van der Waals surface area contributed by atoms with Gasteiger partial charge in [0.05, 0.1) is 24.7 Å². The molecule has 0 atom stereocenters. The highest BCUT2D eigenvalue weighted by Crippen LogP contribution is 2.31. The predicted molar refractivity (Wildman–Crippen MR) is 112 cm³/mol. The van der Waals surface area contributed by atoms with Crippen molar-refractivity contribution in [3.63, 3.8) is 0 Å². The molecule has 2 N–H and O–H groups in total. The lowest BCUT2D eigenvalue weighted by atomic mass is 10.1. The number of nitrogens with one attached hydrogen (secondary N) is 2. The second kappa shape index (κ2) is 8.92. The number of carbonyl (C=O) groups is 2. The Kier molecular flexibility index (Phi) is 6.13. The largest absolute Gasteiger partial charge is 0.495 e. The first-order valence-corrected chi connectivity index (χ1v) is 8.73. The van der Waals surface area contributed by atoms with Gasteiger partial charge in [0, 0.05) is 17.4 Å². The zero-order valence-corrected chi connectivity index (χ0v) is 15.9. The Morgan fingerprint density at radius 1 is 1.00 bits per heavy atom. The summed E-state index contributed by atoms with van der Waals surface area (Å²) in [6, 6.07) is 16.7. The molecule has 0 fully saturated rings. The van der Waals surface area contributed by atoms with Crippen LogP contribution in [0.15, 0.2) is 73.1 Å². The Morgan fingerprint density at radius 2 is 1.75 bits per heavy atom. The van der Waals surface area contributed by atoms with Crippen molar-refractivity contribution in [3.05, 3.63) is 78.6 Å². The fourth-order valence-electron chi connectivity index (χ4n) is 2.44. The van der Waals surface area contributed by atoms with Crippen LogP contribution in [0.25, 0.3) is 0 Å². The number of urea groups is 1. The molecule has 28 heavy (non-hydrogen) atoms. The van der Waals surface area contributed by atoms with Gasteiger partial charge in [-0.2, -0.15) is 0 Å². The van der Waals surface area contributed by atoms with E-state index in [1.165, 1.54) is 19.4 Å². The van der Waals surface area contributed by atoms with Gasteiger partial charge in [-0.15, -0.1) is 0 Å². The quantitative estimate of drug-likeness (QED) is 0.566. The molecule has 142 valence electrons. The molecule has 0 aliphatic rings. The molecule has 1 aromatic heterocycles. The van der Waals surface area contributed by atoms with Crippen molar-refractivity contribution < 1.29 is 14.3 Å². The summed E-state index contributed by atoms with van der Waals surface area (Å²) in [6.07, 6.45) is 3.12. The minimum atomic E-state index is -0.518. The molecular formula is C20H18N4O3S. The van der Waals surface area contributed by atoms with Gasteiger partial charge in [-0.05, 0) is 42.5 Å². The molecule has 1 heterocycles. The van der Waals surface area contributed by atoms with Crippen LogP contribution in [0.1, 0.15) is 10.4 Å². The van der Waals surface area contributed by atoms with Crippen LogP contribution in [0.5, 0.6) is 5.75 Å². The van der Waals surface area contributed by atoms with Crippen molar-refractivity contribution in [2.45, 2.75) is 0 Å². The van der Waals surface area contributed by atoms with Gasteiger partial charge >= 0.3 is 6.03 Å². The highest BCUT2D eigenvalue weighted by molar-refractivity contribution is 7.82. The van der Waals surface area contributed by atoms with Crippen molar-refractivity contribution >= 4 is 41.8 Å². The molecule has 7 nitrogen and oxygen atoms in total. The third kappa shape index (κ3) is 4.60. The standard InChI is InChI=1S/C20H18N4O3S/c1-27-18-10-9-14(19(25)22-15-6-3-2-4-7-15)12-17(18)24(28)20(26)23-16-8-5-11-21-13-16/h2-13,28H,1H3,(H,22,25)(H,23,26). The van der Waals surface area contributed by atoms with Crippen LogP contribution in [-0.4, -0.2) is 24.0 Å². The van der Waals surface area contributed by atoms with Gasteiger partial charge in [0.2, 0.25) is 0 Å². The van der Waals surface area contributed by atoms with Crippen molar-refractivity contribution in [2.24, 2.45) is 0 Å². The summed E-state index contributed by atoms with van der Waals surface area (Å²) in [5.41, 5.74) is 1.87. The van der Waals surface area contributed by atoms with E-state index >= 15 is 0 Å². The van der Waals surface area contributed by atoms with Crippen LogP contribution in [0.2, 0.25) is 0 Å². The van der Waals surface area contributed by atoms with Crippen LogP contribution < -0.4 is 19.7 Å². The molecule has 0 unspecified atom stereocenters. The van der Waals surface area contributed by atoms with Crippen LogP contribution in [0.4, 0.5) is 21.9 Å². The van der Waals surface area contributed by atoms with Gasteiger partial charge in [-0.25, -0.2) is 9.10 Å². The maximum Gasteiger partial charge on any atom is 0.336 e. The Labute approximate surface area is 167 Å². The monoisotopic (exact) mass is 394 g/mol. The van der Waals surface area contributed by atoms with Crippen molar-refractivity contribution in [2.75, 3.05) is 22.0 Å². The molecular weight excluding hydrogens is 376 g/mol. The van der Waals surface area contributed by atoms with Crippen molar-refractivity contribution in [1.82, 2.24) is 4.98 Å². The first-order chi connectivity index (χ1) is 13.6. The molecule has 0 bridgehead atoms. The number of aromatic nitrogens is 1. The number of nitrogens with zero attached hydrogens (tertiary/aromatic N) is 2. The smallest absolute Gasteiger partial charge is 0.336 e. The average Bonchev–Trinajstić information content (AvgIpc) is 2.74. The Bertz CT molecular complexity index is 968. The number of anilines is 3. The molecule has 3 aromatic rings. The fraction of sp³-hybridized carbons (Fsp3) is 0.0500. The predicted octanol–water partition coefficient (Wildman–Crippen LogP) is 4.23. The van der Waals surface area contributed by atoms with Gasteiger partial charge in [0.1, 0.15) is 5.75 Å². The van der Waals surface area contributed by atoms with Crippen LogP contribution in [0, 0.1) is 0 Å². The Morgan fingerprint density at radius 3 is 2.43 bits per heavy atom. The third-order valence-electron chi connectivity index (χ3n) is 3.81. The number of benzene rings is 2. The number of hydrogen-bond donors (Lipinski definition) is 3. The Balaban J connectivity index is 1.82. The van der Waals surface area contributed by atoms with Gasteiger partial charge in [-0.3, -0.25) is 9.78 Å². The number of hydrogen-bond acceptors (Lipinski definition) is 5. The summed E-state index contributed by atoms with van der Waals surface area (Å²) in [6.45, 7) is 0. The normalized spacial score (nSPS) is 10.1. The van der Waals surface area contributed by atoms with E-state index in [0.717, 1.165) is 4.31 Å². The minimum absolute atomic E-state index is 0.315. The zero-order valence-electron chi connectivity index (χ0n) is 15.0. The average molecular weight is 394 g/mol. The van der Waals surface area contributed by atoms with E-state index in [0.29, 0.717) is 28.4 Å². The van der Waals surface area contributed by atoms with E-state index in [-0.39, 0.29) is 5.91 Å². The number of amides is 3. The molecule has 0 spiro atoms. The molecule has 8 heteroatoms. The molecule has 0 aliphatic heterocycles. The van der Waals surface area contributed by atoms with Crippen LogP contribution >= 0.6 is 12.8 Å². The number of thiol groups is 1. The molecule has 2 aromatic carbocycles. The van der Waals surface area contributed by atoms with Gasteiger partial charge in [0.15, 0.2) is 0 Å². The van der Waals surface area contributed by atoms with E-state index in [2.05, 4.69) is 28.4 Å². The highest BCUT2D eigenvalue weighted by atomic mass is 32.1. The van der Waals surface area contributed by atoms with E-state index in [1.807, 2.05) is 18.2 Å². The number of para-hydroxylation sites is 1. The van der Waals surface area contributed by atoms with Gasteiger partial charge < -0.3 is 15.4 Å². The lowest BCUT2D eigenvalue weighted by molar-refractivity contribution is 0.102. The van der Waals surface area contributed by atoms with Crippen LogP contribution in [0.3, 0.4) is 0 Å². The van der Waals surface area contributed by atoms with E-state index in [4.69, 9.17) is 4.74 Å². The van der Waals surface area contributed by atoms with Gasteiger partial charge in [-0.1, -0.05) is 31.0 Å². The number of pyridine rings is 1. The summed E-state index contributed by atoms with van der Waals surface area (Å²) in [4.78, 5) is 29.0. The maximum absolute atomic E-state index is 12.5. The lowest BCUT2D eigenvalue weighted by Crippen LogP contribution is -2.27. The van der Waals surface area contributed by atoms with E-state index in [1.54, 1.807) is 42.6 Å².